The van der Waals surface area contributed by atoms with Crippen LogP contribution in [-0.2, 0) is 4.79 Å². The molecule has 1 aromatic heterocycles. The van der Waals surface area contributed by atoms with Crippen LogP contribution in [0.3, 0.4) is 0 Å². The third kappa shape index (κ3) is 1.47. The maximum atomic E-state index is 11.9. The molecule has 0 bridgehead atoms. The van der Waals surface area contributed by atoms with Crippen molar-refractivity contribution in [2.24, 2.45) is 17.8 Å². The topological polar surface area (TPSA) is 81.6 Å². The summed E-state index contributed by atoms with van der Waals surface area (Å²) in [4.78, 5) is 11.9. The van der Waals surface area contributed by atoms with Crippen LogP contribution in [0.15, 0.2) is 6.20 Å². The van der Waals surface area contributed by atoms with Gasteiger partial charge in [0.1, 0.15) is 17.5 Å². The number of carbonyl (C=O) groups excluding carboxylic acids is 1. The first kappa shape index (κ1) is 9.40. The molecule has 0 radical (unpaired) electrons. The maximum absolute atomic E-state index is 11.9. The number of amides is 1. The van der Waals surface area contributed by atoms with Crippen molar-refractivity contribution in [2.75, 3.05) is 5.32 Å². The number of fused-ring (bicyclic) bond motifs is 1. The number of hydrogen-bond donors (Lipinski definition) is 2. The smallest absolute Gasteiger partial charge is 0.228 e. The van der Waals surface area contributed by atoms with Crippen molar-refractivity contribution in [3.05, 3.63) is 11.8 Å². The fourth-order valence-corrected chi connectivity index (χ4v) is 2.62. The summed E-state index contributed by atoms with van der Waals surface area (Å²) in [6.07, 6.45) is 4.73. The molecule has 2 fully saturated rings. The third-order valence-corrected chi connectivity index (χ3v) is 3.62. The van der Waals surface area contributed by atoms with Crippen LogP contribution in [0.25, 0.3) is 0 Å². The van der Waals surface area contributed by atoms with Crippen LogP contribution in [0.4, 0.5) is 5.82 Å². The van der Waals surface area contributed by atoms with E-state index in [0.717, 1.165) is 24.7 Å². The fraction of sp³-hybridized carbons (Fsp3) is 0.545. The average Bonchev–Trinajstić information content (AvgIpc) is 2.75. The number of nitrogens with one attached hydrogen (secondary N) is 2. The molecule has 1 heterocycles. The molecule has 2 N–H and O–H groups in total. The fourth-order valence-electron chi connectivity index (χ4n) is 2.62. The maximum Gasteiger partial charge on any atom is 0.228 e. The van der Waals surface area contributed by atoms with Crippen LogP contribution in [0.5, 0.6) is 0 Å². The summed E-state index contributed by atoms with van der Waals surface area (Å²) in [5.74, 6) is 2.14. The highest BCUT2D eigenvalue weighted by atomic mass is 16.2. The summed E-state index contributed by atoms with van der Waals surface area (Å²) in [6.45, 7) is 0. The Kier molecular flexibility index (Phi) is 1.96. The van der Waals surface area contributed by atoms with Gasteiger partial charge in [-0.2, -0.15) is 10.4 Å². The second kappa shape index (κ2) is 3.34. The van der Waals surface area contributed by atoms with Gasteiger partial charge in [-0.05, 0) is 31.1 Å². The van der Waals surface area contributed by atoms with E-state index in [1.165, 1.54) is 12.6 Å². The molecule has 3 rings (SSSR count). The van der Waals surface area contributed by atoms with Gasteiger partial charge in [0.05, 0.1) is 6.20 Å². The number of rotatable bonds is 2. The summed E-state index contributed by atoms with van der Waals surface area (Å²) in [6, 6.07) is 1.98. The molecule has 1 aromatic rings. The molecule has 1 amide bonds. The van der Waals surface area contributed by atoms with Crippen LogP contribution >= 0.6 is 0 Å². The van der Waals surface area contributed by atoms with Crippen LogP contribution in [0.1, 0.15) is 24.8 Å². The summed E-state index contributed by atoms with van der Waals surface area (Å²) in [5, 5.41) is 17.9. The lowest BCUT2D eigenvalue weighted by molar-refractivity contribution is -0.120. The van der Waals surface area contributed by atoms with Gasteiger partial charge in [0, 0.05) is 5.92 Å². The Hall–Kier alpha value is -1.83. The van der Waals surface area contributed by atoms with Gasteiger partial charge in [-0.25, -0.2) is 0 Å². The summed E-state index contributed by atoms with van der Waals surface area (Å²) in [7, 11) is 0. The zero-order valence-electron chi connectivity index (χ0n) is 8.73. The Morgan fingerprint density at radius 3 is 2.94 bits per heavy atom. The van der Waals surface area contributed by atoms with Gasteiger partial charge in [-0.1, -0.05) is 0 Å². The largest absolute Gasteiger partial charge is 0.310 e. The number of nitriles is 1. The molecule has 2 saturated carbocycles. The summed E-state index contributed by atoms with van der Waals surface area (Å²) in [5.41, 5.74) is 0.386. The zero-order valence-corrected chi connectivity index (χ0v) is 8.73. The van der Waals surface area contributed by atoms with Crippen molar-refractivity contribution in [1.29, 1.82) is 5.26 Å². The molecular formula is C11H12N4O. The van der Waals surface area contributed by atoms with E-state index in [2.05, 4.69) is 15.5 Å². The predicted octanol–water partition coefficient (Wildman–Crippen LogP) is 1.27. The number of anilines is 1. The van der Waals surface area contributed by atoms with Gasteiger partial charge in [0.2, 0.25) is 5.91 Å². The van der Waals surface area contributed by atoms with Gasteiger partial charge in [0.15, 0.2) is 0 Å². The first-order valence-electron chi connectivity index (χ1n) is 5.52. The van der Waals surface area contributed by atoms with Crippen LogP contribution < -0.4 is 5.32 Å². The van der Waals surface area contributed by atoms with E-state index in [1.807, 2.05) is 6.07 Å². The Morgan fingerprint density at radius 1 is 1.50 bits per heavy atom. The number of aromatic amines is 1. The minimum absolute atomic E-state index is 0.0213. The minimum atomic E-state index is 0.0213. The van der Waals surface area contributed by atoms with Crippen molar-refractivity contribution in [1.82, 2.24) is 10.2 Å². The molecule has 0 spiro atoms. The number of hydrogen-bond acceptors (Lipinski definition) is 3. The molecule has 5 heteroatoms. The molecule has 2 unspecified atom stereocenters. The van der Waals surface area contributed by atoms with Gasteiger partial charge < -0.3 is 5.32 Å². The zero-order chi connectivity index (χ0) is 11.1. The highest BCUT2D eigenvalue weighted by Gasteiger charge is 2.48. The number of carbonyl (C=O) groups is 1. The molecule has 82 valence electrons. The van der Waals surface area contributed by atoms with E-state index in [4.69, 9.17) is 5.26 Å². The quantitative estimate of drug-likeness (QED) is 0.780. The summed E-state index contributed by atoms with van der Waals surface area (Å²) >= 11 is 0. The Labute approximate surface area is 92.8 Å². The monoisotopic (exact) mass is 216 g/mol. The normalized spacial score (nSPS) is 30.6. The van der Waals surface area contributed by atoms with Crippen molar-refractivity contribution in [3.8, 4) is 6.07 Å². The molecule has 5 nitrogen and oxygen atoms in total. The van der Waals surface area contributed by atoms with Gasteiger partial charge in [-0.15, -0.1) is 0 Å². The number of nitrogens with zero attached hydrogens (tertiary/aromatic N) is 2. The van der Waals surface area contributed by atoms with E-state index in [0.29, 0.717) is 11.4 Å². The Bertz CT molecular complexity index is 463. The predicted molar refractivity (Wildman–Crippen MR) is 56.3 cm³/mol. The molecular weight excluding hydrogens is 204 g/mol. The molecule has 2 aliphatic carbocycles. The SMILES string of the molecule is N#Cc1cn[nH]c1NC(=O)C1CC2CC2C1. The van der Waals surface area contributed by atoms with E-state index >= 15 is 0 Å². The Morgan fingerprint density at radius 2 is 2.25 bits per heavy atom. The molecule has 0 aliphatic heterocycles. The second-order valence-corrected chi connectivity index (χ2v) is 4.68. The lowest BCUT2D eigenvalue weighted by Crippen LogP contribution is -2.22. The second-order valence-electron chi connectivity index (χ2n) is 4.68. The van der Waals surface area contributed by atoms with Crippen molar-refractivity contribution in [2.45, 2.75) is 19.3 Å². The molecule has 0 aromatic carbocycles. The summed E-state index contributed by atoms with van der Waals surface area (Å²) < 4.78 is 0. The molecule has 2 aliphatic rings. The Balaban J connectivity index is 1.66. The van der Waals surface area contributed by atoms with Gasteiger partial charge >= 0.3 is 0 Å². The number of H-pyrrole nitrogens is 1. The third-order valence-electron chi connectivity index (χ3n) is 3.62. The molecule has 0 saturated heterocycles. The standard InChI is InChI=1S/C11H12N4O/c12-4-9-5-13-15-10(9)14-11(16)8-2-6-1-7(6)3-8/h5-8H,1-3H2,(H2,13,14,15,16). The first-order chi connectivity index (χ1) is 7.78. The van der Waals surface area contributed by atoms with Crippen LogP contribution in [-0.4, -0.2) is 16.1 Å². The minimum Gasteiger partial charge on any atom is -0.310 e. The van der Waals surface area contributed by atoms with Crippen LogP contribution in [0, 0.1) is 29.1 Å². The first-order valence-corrected chi connectivity index (χ1v) is 5.52. The van der Waals surface area contributed by atoms with Crippen molar-refractivity contribution >= 4 is 11.7 Å². The molecule has 2 atom stereocenters. The van der Waals surface area contributed by atoms with E-state index in [1.54, 1.807) is 0 Å². The lowest BCUT2D eigenvalue weighted by atomic mass is 10.0. The van der Waals surface area contributed by atoms with Crippen LogP contribution in [0.2, 0.25) is 0 Å². The highest BCUT2D eigenvalue weighted by Crippen LogP contribution is 2.54. The van der Waals surface area contributed by atoms with E-state index in [9.17, 15) is 4.79 Å². The lowest BCUT2D eigenvalue weighted by Gasteiger charge is -2.10. The molecule has 16 heavy (non-hydrogen) atoms. The number of aromatic nitrogens is 2. The van der Waals surface area contributed by atoms with E-state index < -0.39 is 0 Å². The van der Waals surface area contributed by atoms with Crippen molar-refractivity contribution in [3.63, 3.8) is 0 Å². The average molecular weight is 216 g/mol. The van der Waals surface area contributed by atoms with Crippen molar-refractivity contribution < 1.29 is 4.79 Å². The highest BCUT2D eigenvalue weighted by molar-refractivity contribution is 5.93. The van der Waals surface area contributed by atoms with Gasteiger partial charge in [-0.3, -0.25) is 9.89 Å². The van der Waals surface area contributed by atoms with E-state index in [-0.39, 0.29) is 11.8 Å². The van der Waals surface area contributed by atoms with Gasteiger partial charge in [0.25, 0.3) is 0 Å².